The van der Waals surface area contributed by atoms with Gasteiger partial charge in [-0.15, -0.1) is 0 Å². The molecular weight excluding hydrogens is 192 g/mol. The lowest BCUT2D eigenvalue weighted by molar-refractivity contribution is -0.127. The van der Waals surface area contributed by atoms with E-state index in [0.717, 1.165) is 0 Å². The van der Waals surface area contributed by atoms with Crippen molar-refractivity contribution in [3.05, 3.63) is 18.2 Å². The van der Waals surface area contributed by atoms with Crippen LogP contribution in [0.3, 0.4) is 0 Å². The maximum absolute atomic E-state index is 11.6. The Bertz CT molecular complexity index is 365. The molecule has 1 atom stereocenters. The van der Waals surface area contributed by atoms with Crippen molar-refractivity contribution in [1.29, 1.82) is 5.26 Å². The van der Waals surface area contributed by atoms with Crippen LogP contribution >= 0.6 is 0 Å². The average Bonchev–Trinajstić information content (AvgIpc) is 2.77. The third-order valence-corrected chi connectivity index (χ3v) is 2.43. The molecule has 5 heteroatoms. The number of hydrogen-bond acceptors (Lipinski definition) is 3. The molecule has 0 aliphatic rings. The van der Waals surface area contributed by atoms with Crippen LogP contribution in [-0.2, 0) is 11.3 Å². The number of H-pyrrole nitrogens is 1. The van der Waals surface area contributed by atoms with Gasteiger partial charge in [0.05, 0.1) is 12.6 Å². The van der Waals surface area contributed by atoms with Gasteiger partial charge in [-0.3, -0.25) is 4.79 Å². The smallest absolute Gasteiger partial charge is 0.240 e. The highest BCUT2D eigenvalue weighted by atomic mass is 16.2. The number of aromatic nitrogens is 2. The fraction of sp³-hybridized carbons (Fsp3) is 0.500. The average molecular weight is 206 g/mol. The minimum atomic E-state index is -0.952. The predicted molar refractivity (Wildman–Crippen MR) is 54.4 cm³/mol. The molecule has 0 fully saturated rings. The monoisotopic (exact) mass is 206 g/mol. The molecule has 1 heterocycles. The minimum Gasteiger partial charge on any atom is -0.348 e. The van der Waals surface area contributed by atoms with Crippen molar-refractivity contribution in [2.45, 2.75) is 26.8 Å². The van der Waals surface area contributed by atoms with Crippen molar-refractivity contribution in [2.24, 2.45) is 5.41 Å². The number of nitrogens with one attached hydrogen (secondary N) is 2. The molecule has 0 saturated carbocycles. The molecule has 1 aromatic heterocycles. The van der Waals surface area contributed by atoms with Crippen LogP contribution in [0.4, 0.5) is 0 Å². The second-order valence-electron chi connectivity index (χ2n) is 3.52. The molecule has 80 valence electrons. The molecule has 0 aliphatic carbocycles. The minimum absolute atomic E-state index is 0.260. The lowest BCUT2D eigenvalue weighted by Crippen LogP contribution is -2.37. The van der Waals surface area contributed by atoms with Gasteiger partial charge in [0, 0.05) is 12.4 Å². The van der Waals surface area contributed by atoms with E-state index in [9.17, 15) is 4.79 Å². The van der Waals surface area contributed by atoms with Crippen LogP contribution in [0.2, 0.25) is 0 Å². The summed E-state index contributed by atoms with van der Waals surface area (Å²) in [6.07, 6.45) is 3.79. The largest absolute Gasteiger partial charge is 0.348 e. The van der Waals surface area contributed by atoms with Gasteiger partial charge in [-0.2, -0.15) is 5.26 Å². The molecule has 1 aromatic rings. The normalized spacial score (nSPS) is 13.9. The number of hydrogen-bond donors (Lipinski definition) is 2. The van der Waals surface area contributed by atoms with Crippen LogP contribution in [-0.4, -0.2) is 15.9 Å². The summed E-state index contributed by atoms with van der Waals surface area (Å²) in [5, 5.41) is 11.6. The number of amides is 1. The van der Waals surface area contributed by atoms with Gasteiger partial charge in [0.1, 0.15) is 11.2 Å². The Morgan fingerprint density at radius 3 is 3.00 bits per heavy atom. The molecule has 0 radical (unpaired) electrons. The van der Waals surface area contributed by atoms with Gasteiger partial charge >= 0.3 is 0 Å². The Balaban J connectivity index is 2.53. The Morgan fingerprint density at radius 1 is 1.80 bits per heavy atom. The molecule has 5 nitrogen and oxygen atoms in total. The lowest BCUT2D eigenvalue weighted by atomic mass is 9.88. The summed E-state index contributed by atoms with van der Waals surface area (Å²) in [4.78, 5) is 18.5. The molecule has 15 heavy (non-hydrogen) atoms. The van der Waals surface area contributed by atoms with E-state index in [2.05, 4.69) is 15.3 Å². The first-order valence-corrected chi connectivity index (χ1v) is 4.80. The fourth-order valence-electron chi connectivity index (χ4n) is 1.04. The summed E-state index contributed by atoms with van der Waals surface area (Å²) in [5.41, 5.74) is -0.952. The number of rotatable bonds is 4. The highest BCUT2D eigenvalue weighted by molar-refractivity contribution is 5.84. The van der Waals surface area contributed by atoms with Gasteiger partial charge in [0.15, 0.2) is 0 Å². The maximum atomic E-state index is 11.6. The first-order chi connectivity index (χ1) is 7.12. The van der Waals surface area contributed by atoms with Gasteiger partial charge in [-0.1, -0.05) is 6.92 Å². The van der Waals surface area contributed by atoms with Crippen LogP contribution in [0, 0.1) is 16.7 Å². The zero-order valence-electron chi connectivity index (χ0n) is 8.87. The van der Waals surface area contributed by atoms with E-state index in [0.29, 0.717) is 18.8 Å². The predicted octanol–water partition coefficient (Wildman–Crippen LogP) is 0.966. The number of nitrogens with zero attached hydrogens (tertiary/aromatic N) is 2. The van der Waals surface area contributed by atoms with Crippen LogP contribution in [0.1, 0.15) is 26.1 Å². The number of imidazole rings is 1. The quantitative estimate of drug-likeness (QED) is 0.770. The first kappa shape index (κ1) is 11.2. The molecule has 0 saturated heterocycles. The molecule has 0 bridgehead atoms. The lowest BCUT2D eigenvalue weighted by Gasteiger charge is -2.17. The SMILES string of the molecule is CCC(C)(C#N)C(=O)NCc1ncc[nH]1. The van der Waals surface area contributed by atoms with E-state index < -0.39 is 5.41 Å². The summed E-state index contributed by atoms with van der Waals surface area (Å²) in [6, 6.07) is 2.02. The van der Waals surface area contributed by atoms with Gasteiger partial charge < -0.3 is 10.3 Å². The summed E-state index contributed by atoms with van der Waals surface area (Å²) in [6.45, 7) is 3.77. The van der Waals surface area contributed by atoms with E-state index in [1.807, 2.05) is 13.0 Å². The van der Waals surface area contributed by atoms with E-state index in [-0.39, 0.29) is 5.91 Å². The number of carbonyl (C=O) groups excluding carboxylic acids is 1. The molecule has 1 unspecified atom stereocenters. The standard InChI is InChI=1S/C10H14N4O/c1-3-10(2,7-11)9(15)14-6-8-12-4-5-13-8/h4-5H,3,6H2,1-2H3,(H,12,13)(H,14,15). The van der Waals surface area contributed by atoms with Crippen LogP contribution in [0.25, 0.3) is 0 Å². The van der Waals surface area contributed by atoms with E-state index in [4.69, 9.17) is 5.26 Å². The Kier molecular flexibility index (Phi) is 3.45. The molecule has 2 N–H and O–H groups in total. The molecule has 0 spiro atoms. The van der Waals surface area contributed by atoms with Gasteiger partial charge in [0.25, 0.3) is 0 Å². The molecular formula is C10H14N4O. The molecule has 1 amide bonds. The Labute approximate surface area is 88.5 Å². The molecule has 1 rings (SSSR count). The van der Waals surface area contributed by atoms with Crippen molar-refractivity contribution < 1.29 is 4.79 Å². The fourth-order valence-corrected chi connectivity index (χ4v) is 1.04. The number of carbonyl (C=O) groups is 1. The van der Waals surface area contributed by atoms with Gasteiger partial charge in [-0.05, 0) is 13.3 Å². The second kappa shape index (κ2) is 4.60. The van der Waals surface area contributed by atoms with Crippen LogP contribution in [0.15, 0.2) is 12.4 Å². The maximum Gasteiger partial charge on any atom is 0.240 e. The summed E-state index contributed by atoms with van der Waals surface area (Å²) in [7, 11) is 0. The summed E-state index contributed by atoms with van der Waals surface area (Å²) < 4.78 is 0. The number of aromatic amines is 1. The third-order valence-electron chi connectivity index (χ3n) is 2.43. The van der Waals surface area contributed by atoms with Crippen LogP contribution < -0.4 is 5.32 Å². The van der Waals surface area contributed by atoms with E-state index in [1.165, 1.54) is 0 Å². The Hall–Kier alpha value is -1.83. The highest BCUT2D eigenvalue weighted by Gasteiger charge is 2.30. The van der Waals surface area contributed by atoms with Crippen molar-refractivity contribution in [3.8, 4) is 6.07 Å². The molecule has 0 aromatic carbocycles. The summed E-state index contributed by atoms with van der Waals surface area (Å²) in [5.74, 6) is 0.420. The second-order valence-corrected chi connectivity index (χ2v) is 3.52. The van der Waals surface area contributed by atoms with Gasteiger partial charge in [-0.25, -0.2) is 4.98 Å². The summed E-state index contributed by atoms with van der Waals surface area (Å²) >= 11 is 0. The molecule has 0 aliphatic heterocycles. The first-order valence-electron chi connectivity index (χ1n) is 4.80. The van der Waals surface area contributed by atoms with E-state index in [1.54, 1.807) is 19.3 Å². The van der Waals surface area contributed by atoms with E-state index >= 15 is 0 Å². The van der Waals surface area contributed by atoms with Crippen molar-refractivity contribution in [3.63, 3.8) is 0 Å². The Morgan fingerprint density at radius 2 is 2.53 bits per heavy atom. The third kappa shape index (κ3) is 2.56. The highest BCUT2D eigenvalue weighted by Crippen LogP contribution is 2.19. The number of nitriles is 1. The van der Waals surface area contributed by atoms with Crippen molar-refractivity contribution in [2.75, 3.05) is 0 Å². The van der Waals surface area contributed by atoms with Crippen LogP contribution in [0.5, 0.6) is 0 Å². The van der Waals surface area contributed by atoms with Crippen molar-refractivity contribution in [1.82, 2.24) is 15.3 Å². The topological polar surface area (TPSA) is 81.6 Å². The van der Waals surface area contributed by atoms with Gasteiger partial charge in [0.2, 0.25) is 5.91 Å². The zero-order chi connectivity index (χ0) is 11.3. The van der Waals surface area contributed by atoms with Crippen molar-refractivity contribution >= 4 is 5.91 Å². The zero-order valence-corrected chi connectivity index (χ0v) is 8.87.